The van der Waals surface area contributed by atoms with Gasteiger partial charge in [-0.3, -0.25) is 0 Å². The van der Waals surface area contributed by atoms with Gasteiger partial charge >= 0.3 is 18.0 Å². The van der Waals surface area contributed by atoms with E-state index in [9.17, 15) is 14.4 Å². The maximum absolute atomic E-state index is 11.9. The Morgan fingerprint density at radius 2 is 1.76 bits per heavy atom. The van der Waals surface area contributed by atoms with Crippen molar-refractivity contribution in [3.63, 3.8) is 0 Å². The first-order valence-electron chi connectivity index (χ1n) is 6.23. The van der Waals surface area contributed by atoms with Crippen LogP contribution in [0.4, 0.5) is 4.79 Å². The van der Waals surface area contributed by atoms with Gasteiger partial charge in [0.15, 0.2) is 6.04 Å². The van der Waals surface area contributed by atoms with Crippen molar-refractivity contribution in [1.29, 1.82) is 0 Å². The second-order valence-electron chi connectivity index (χ2n) is 4.90. The number of hydrogen-bond donors (Lipinski definition) is 3. The highest BCUT2D eigenvalue weighted by Gasteiger charge is 2.31. The van der Waals surface area contributed by atoms with Gasteiger partial charge in [0.1, 0.15) is 5.54 Å². The highest BCUT2D eigenvalue weighted by molar-refractivity contribution is 5.88. The van der Waals surface area contributed by atoms with Crippen LogP contribution >= 0.6 is 0 Å². The summed E-state index contributed by atoms with van der Waals surface area (Å²) in [4.78, 5) is 34.6. The van der Waals surface area contributed by atoms with Crippen molar-refractivity contribution in [2.45, 2.75) is 25.4 Å². The van der Waals surface area contributed by atoms with Crippen molar-refractivity contribution >= 4 is 18.0 Å². The zero-order valence-corrected chi connectivity index (χ0v) is 12.0. The molecule has 0 aliphatic rings. The summed E-state index contributed by atoms with van der Waals surface area (Å²) in [7, 11) is 1.21. The number of benzene rings is 1. The third-order valence-corrected chi connectivity index (χ3v) is 2.81. The number of carboxylic acids is 1. The largest absolute Gasteiger partial charge is 0.480 e. The Morgan fingerprint density at radius 1 is 1.19 bits per heavy atom. The van der Waals surface area contributed by atoms with Gasteiger partial charge < -0.3 is 20.5 Å². The van der Waals surface area contributed by atoms with Crippen LogP contribution < -0.4 is 10.6 Å². The SMILES string of the molecule is COC(=O)C(NC(=O)NC(C)(C)C(=O)O)c1ccccc1. The van der Waals surface area contributed by atoms with Gasteiger partial charge in [-0.1, -0.05) is 30.3 Å². The highest BCUT2D eigenvalue weighted by Crippen LogP contribution is 2.14. The Morgan fingerprint density at radius 3 is 2.24 bits per heavy atom. The van der Waals surface area contributed by atoms with Gasteiger partial charge in [0.2, 0.25) is 0 Å². The van der Waals surface area contributed by atoms with E-state index in [2.05, 4.69) is 15.4 Å². The van der Waals surface area contributed by atoms with Crippen LogP contribution in [0.3, 0.4) is 0 Å². The average Bonchev–Trinajstić information content (AvgIpc) is 2.44. The summed E-state index contributed by atoms with van der Waals surface area (Å²) < 4.78 is 4.65. The predicted octanol–water partition coefficient (Wildman–Crippen LogP) is 1.06. The molecule has 0 bridgehead atoms. The van der Waals surface area contributed by atoms with Crippen LogP contribution in [0.15, 0.2) is 30.3 Å². The van der Waals surface area contributed by atoms with E-state index in [4.69, 9.17) is 5.11 Å². The van der Waals surface area contributed by atoms with E-state index in [1.165, 1.54) is 21.0 Å². The lowest BCUT2D eigenvalue weighted by atomic mass is 10.1. The van der Waals surface area contributed by atoms with Crippen LogP contribution in [0.1, 0.15) is 25.5 Å². The van der Waals surface area contributed by atoms with Crippen LogP contribution in [-0.4, -0.2) is 35.7 Å². The van der Waals surface area contributed by atoms with Gasteiger partial charge in [0, 0.05) is 0 Å². The first-order chi connectivity index (χ1) is 9.77. The molecule has 1 aromatic carbocycles. The lowest BCUT2D eigenvalue weighted by molar-refractivity contribution is -0.143. The van der Waals surface area contributed by atoms with E-state index in [1.807, 2.05) is 0 Å². The van der Waals surface area contributed by atoms with Crippen molar-refractivity contribution in [1.82, 2.24) is 10.6 Å². The van der Waals surface area contributed by atoms with Crippen LogP contribution in [0, 0.1) is 0 Å². The molecule has 0 aliphatic heterocycles. The molecule has 0 heterocycles. The van der Waals surface area contributed by atoms with Crippen molar-refractivity contribution < 1.29 is 24.2 Å². The zero-order valence-electron chi connectivity index (χ0n) is 12.0. The predicted molar refractivity (Wildman–Crippen MR) is 74.6 cm³/mol. The van der Waals surface area contributed by atoms with E-state index < -0.39 is 29.6 Å². The second-order valence-corrected chi connectivity index (χ2v) is 4.90. The third-order valence-electron chi connectivity index (χ3n) is 2.81. The van der Waals surface area contributed by atoms with E-state index in [0.29, 0.717) is 5.56 Å². The first kappa shape index (κ1) is 16.5. The number of methoxy groups -OCH3 is 1. The number of rotatable bonds is 5. The molecule has 0 saturated carbocycles. The van der Waals surface area contributed by atoms with Crippen molar-refractivity contribution in [2.75, 3.05) is 7.11 Å². The number of nitrogens with one attached hydrogen (secondary N) is 2. The molecule has 21 heavy (non-hydrogen) atoms. The molecule has 0 saturated heterocycles. The maximum atomic E-state index is 11.9. The number of carbonyl (C=O) groups is 3. The van der Waals surface area contributed by atoms with Crippen LogP contribution in [0.5, 0.6) is 0 Å². The van der Waals surface area contributed by atoms with Gasteiger partial charge in [-0.15, -0.1) is 0 Å². The molecule has 7 nitrogen and oxygen atoms in total. The minimum Gasteiger partial charge on any atom is -0.480 e. The van der Waals surface area contributed by atoms with Gasteiger partial charge in [-0.2, -0.15) is 0 Å². The molecule has 7 heteroatoms. The van der Waals surface area contributed by atoms with Crippen LogP contribution in [-0.2, 0) is 14.3 Å². The number of amides is 2. The highest BCUT2D eigenvalue weighted by atomic mass is 16.5. The van der Waals surface area contributed by atoms with E-state index >= 15 is 0 Å². The molecule has 1 atom stereocenters. The Balaban J connectivity index is 2.86. The fourth-order valence-electron chi connectivity index (χ4n) is 1.55. The van der Waals surface area contributed by atoms with Gasteiger partial charge in [-0.05, 0) is 19.4 Å². The number of carboxylic acid groups (broad SMARTS) is 1. The molecule has 1 rings (SSSR count). The second kappa shape index (κ2) is 6.74. The van der Waals surface area contributed by atoms with Crippen molar-refractivity contribution in [2.24, 2.45) is 0 Å². The summed E-state index contributed by atoms with van der Waals surface area (Å²) in [6.45, 7) is 2.68. The normalized spacial score (nSPS) is 12.1. The Labute approximate surface area is 122 Å². The number of ether oxygens (including phenoxy) is 1. The fourth-order valence-corrected chi connectivity index (χ4v) is 1.55. The molecule has 3 N–H and O–H groups in total. The molecule has 2 amide bonds. The van der Waals surface area contributed by atoms with E-state index in [1.54, 1.807) is 30.3 Å². The molecule has 0 fully saturated rings. The van der Waals surface area contributed by atoms with E-state index in [0.717, 1.165) is 0 Å². The molecular formula is C14H18N2O5. The average molecular weight is 294 g/mol. The molecule has 0 spiro atoms. The van der Waals surface area contributed by atoms with E-state index in [-0.39, 0.29) is 0 Å². The zero-order chi connectivity index (χ0) is 16.0. The quantitative estimate of drug-likeness (QED) is 0.704. The molecule has 0 aromatic heterocycles. The summed E-state index contributed by atoms with van der Waals surface area (Å²) in [6, 6.07) is 6.72. The molecule has 0 aliphatic carbocycles. The van der Waals surface area contributed by atoms with Crippen molar-refractivity contribution in [3.8, 4) is 0 Å². The smallest absolute Gasteiger partial charge is 0.333 e. The minimum absolute atomic E-state index is 0.535. The third kappa shape index (κ3) is 4.48. The minimum atomic E-state index is -1.46. The van der Waals surface area contributed by atoms with Crippen molar-refractivity contribution in [3.05, 3.63) is 35.9 Å². The molecule has 0 radical (unpaired) electrons. The Hall–Kier alpha value is -2.57. The molecule has 1 aromatic rings. The number of esters is 1. The fraction of sp³-hybridized carbons (Fsp3) is 0.357. The standard InChI is InChI=1S/C14H18N2O5/c1-14(2,12(18)19)16-13(20)15-10(11(17)21-3)9-7-5-4-6-8-9/h4-8,10H,1-3H3,(H,18,19)(H2,15,16,20). The van der Waals surface area contributed by atoms with Crippen LogP contribution in [0.25, 0.3) is 0 Å². The summed E-state index contributed by atoms with van der Waals surface area (Å²) in [5.41, 5.74) is -0.922. The summed E-state index contributed by atoms with van der Waals surface area (Å²) in [5.74, 6) is -1.84. The number of carbonyl (C=O) groups excluding carboxylic acids is 2. The maximum Gasteiger partial charge on any atom is 0.333 e. The Kier molecular flexibility index (Phi) is 5.29. The molecule has 114 valence electrons. The lowest BCUT2D eigenvalue weighted by Crippen LogP contribution is -2.54. The molecule has 1 unspecified atom stereocenters. The van der Waals surface area contributed by atoms with Gasteiger partial charge in [0.25, 0.3) is 0 Å². The van der Waals surface area contributed by atoms with Gasteiger partial charge in [0.05, 0.1) is 7.11 Å². The topological polar surface area (TPSA) is 105 Å². The number of aliphatic carboxylic acids is 1. The van der Waals surface area contributed by atoms with Gasteiger partial charge in [-0.25, -0.2) is 14.4 Å². The number of urea groups is 1. The summed E-state index contributed by atoms with van der Waals surface area (Å²) >= 11 is 0. The Bertz CT molecular complexity index is 527. The first-order valence-corrected chi connectivity index (χ1v) is 6.23. The number of hydrogen-bond acceptors (Lipinski definition) is 4. The molecular weight excluding hydrogens is 276 g/mol. The lowest BCUT2D eigenvalue weighted by Gasteiger charge is -2.23. The van der Waals surface area contributed by atoms with Crippen LogP contribution in [0.2, 0.25) is 0 Å². The summed E-state index contributed by atoms with van der Waals surface area (Å²) in [5, 5.41) is 13.6. The summed E-state index contributed by atoms with van der Waals surface area (Å²) in [6.07, 6.45) is 0. The monoisotopic (exact) mass is 294 g/mol.